The van der Waals surface area contributed by atoms with Gasteiger partial charge >= 0.3 is 0 Å². The van der Waals surface area contributed by atoms with E-state index in [4.69, 9.17) is 16.0 Å². The standard InChI is InChI=1S/C16H13ClN6O/c1-23(12-5-6-24-8-12)16-13-14(18-9-19-15(13)21-22-16)20-11-4-2-3-10(17)7-11/h2-9H,1H3,(H2,18,19,20,21,22). The first-order chi connectivity index (χ1) is 11.7. The molecule has 0 unspecified atom stereocenters. The highest BCUT2D eigenvalue weighted by Crippen LogP contribution is 2.33. The summed E-state index contributed by atoms with van der Waals surface area (Å²) in [5.74, 6) is 1.33. The van der Waals surface area contributed by atoms with Gasteiger partial charge in [0, 0.05) is 23.8 Å². The fraction of sp³-hybridized carbons (Fsp3) is 0.0625. The number of halogens is 1. The average Bonchev–Trinajstić information content (AvgIpc) is 3.25. The molecule has 8 heteroatoms. The summed E-state index contributed by atoms with van der Waals surface area (Å²) in [4.78, 5) is 10.5. The molecule has 1 aromatic carbocycles. The van der Waals surface area contributed by atoms with Crippen molar-refractivity contribution in [3.8, 4) is 0 Å². The van der Waals surface area contributed by atoms with Crippen LogP contribution in [0.1, 0.15) is 0 Å². The molecule has 0 atom stereocenters. The van der Waals surface area contributed by atoms with Crippen LogP contribution in [0.2, 0.25) is 5.02 Å². The van der Waals surface area contributed by atoms with Crippen LogP contribution in [0.15, 0.2) is 53.6 Å². The van der Waals surface area contributed by atoms with Crippen LogP contribution in [-0.2, 0) is 0 Å². The highest BCUT2D eigenvalue weighted by molar-refractivity contribution is 6.30. The summed E-state index contributed by atoms with van der Waals surface area (Å²) in [5, 5.41) is 12.0. The van der Waals surface area contributed by atoms with Gasteiger partial charge in [-0.3, -0.25) is 5.10 Å². The molecule has 0 fully saturated rings. The van der Waals surface area contributed by atoms with E-state index in [0.717, 1.165) is 16.8 Å². The molecule has 0 aliphatic rings. The number of aromatic amines is 1. The first-order valence-corrected chi connectivity index (χ1v) is 7.58. The van der Waals surface area contributed by atoms with E-state index < -0.39 is 0 Å². The summed E-state index contributed by atoms with van der Waals surface area (Å²) in [6.07, 6.45) is 4.74. The second-order valence-electron chi connectivity index (χ2n) is 5.17. The topological polar surface area (TPSA) is 82.9 Å². The van der Waals surface area contributed by atoms with Gasteiger partial charge in [0.05, 0.1) is 12.0 Å². The van der Waals surface area contributed by atoms with Gasteiger partial charge in [-0.15, -0.1) is 0 Å². The van der Waals surface area contributed by atoms with E-state index in [1.165, 1.54) is 6.33 Å². The molecule has 24 heavy (non-hydrogen) atoms. The molecule has 0 saturated carbocycles. The second-order valence-corrected chi connectivity index (χ2v) is 5.61. The summed E-state index contributed by atoms with van der Waals surface area (Å²) in [7, 11) is 1.90. The fourth-order valence-electron chi connectivity index (χ4n) is 2.45. The molecular formula is C16H13ClN6O. The molecule has 0 amide bonds. The van der Waals surface area contributed by atoms with Gasteiger partial charge in [-0.1, -0.05) is 17.7 Å². The Balaban J connectivity index is 1.80. The third-order valence-corrected chi connectivity index (χ3v) is 3.87. The van der Waals surface area contributed by atoms with Crippen LogP contribution in [0.5, 0.6) is 0 Å². The third kappa shape index (κ3) is 2.55. The number of H-pyrrole nitrogens is 1. The Kier molecular flexibility index (Phi) is 3.55. The summed E-state index contributed by atoms with van der Waals surface area (Å²) >= 11 is 6.05. The number of fused-ring (bicyclic) bond motifs is 1. The van der Waals surface area contributed by atoms with Crippen LogP contribution < -0.4 is 10.2 Å². The molecule has 2 N–H and O–H groups in total. The number of benzene rings is 1. The number of furan rings is 1. The number of aromatic nitrogens is 4. The predicted molar refractivity (Wildman–Crippen MR) is 93.2 cm³/mol. The minimum Gasteiger partial charge on any atom is -0.470 e. The smallest absolute Gasteiger partial charge is 0.168 e. The van der Waals surface area contributed by atoms with Crippen molar-refractivity contribution in [1.82, 2.24) is 20.2 Å². The summed E-state index contributed by atoms with van der Waals surface area (Å²) in [5.41, 5.74) is 2.35. The molecule has 3 heterocycles. The monoisotopic (exact) mass is 340 g/mol. The zero-order chi connectivity index (χ0) is 16.5. The van der Waals surface area contributed by atoms with Crippen molar-refractivity contribution >= 4 is 45.6 Å². The maximum absolute atomic E-state index is 6.05. The molecule has 0 saturated heterocycles. The first kappa shape index (κ1) is 14.5. The first-order valence-electron chi connectivity index (χ1n) is 7.20. The van der Waals surface area contributed by atoms with Crippen molar-refractivity contribution in [1.29, 1.82) is 0 Å². The van der Waals surface area contributed by atoms with Crippen molar-refractivity contribution < 1.29 is 4.42 Å². The number of hydrogen-bond acceptors (Lipinski definition) is 6. The van der Waals surface area contributed by atoms with E-state index in [0.29, 0.717) is 22.3 Å². The van der Waals surface area contributed by atoms with Gasteiger partial charge in [-0.2, -0.15) is 5.10 Å². The number of hydrogen-bond donors (Lipinski definition) is 2. The van der Waals surface area contributed by atoms with Crippen LogP contribution in [0, 0.1) is 0 Å². The number of rotatable bonds is 4. The summed E-state index contributed by atoms with van der Waals surface area (Å²) < 4.78 is 5.14. The Labute approximate surface area is 142 Å². The maximum Gasteiger partial charge on any atom is 0.168 e. The van der Waals surface area contributed by atoms with E-state index in [-0.39, 0.29) is 0 Å². The molecule has 0 radical (unpaired) electrons. The Bertz CT molecular complexity index is 981. The lowest BCUT2D eigenvalue weighted by atomic mass is 10.3. The molecule has 3 aromatic heterocycles. The molecule has 7 nitrogen and oxygen atoms in total. The van der Waals surface area contributed by atoms with E-state index in [9.17, 15) is 0 Å². The average molecular weight is 341 g/mol. The minimum atomic E-state index is 0.639. The van der Waals surface area contributed by atoms with Gasteiger partial charge in [0.2, 0.25) is 0 Å². The van der Waals surface area contributed by atoms with Crippen LogP contribution in [0.4, 0.5) is 23.0 Å². The largest absolute Gasteiger partial charge is 0.470 e. The highest BCUT2D eigenvalue weighted by Gasteiger charge is 2.18. The Morgan fingerprint density at radius 2 is 2.17 bits per heavy atom. The number of nitrogens with one attached hydrogen (secondary N) is 2. The van der Waals surface area contributed by atoms with Crippen LogP contribution in [0.3, 0.4) is 0 Å². The molecule has 0 bridgehead atoms. The quantitative estimate of drug-likeness (QED) is 0.581. The predicted octanol–water partition coefficient (Wildman–Crippen LogP) is 4.11. The fourth-order valence-corrected chi connectivity index (χ4v) is 2.65. The van der Waals surface area contributed by atoms with E-state index in [2.05, 4.69) is 25.5 Å². The third-order valence-electron chi connectivity index (χ3n) is 3.64. The maximum atomic E-state index is 6.05. The Morgan fingerprint density at radius 3 is 2.96 bits per heavy atom. The van der Waals surface area contributed by atoms with Gasteiger partial charge < -0.3 is 14.6 Å². The summed E-state index contributed by atoms with van der Waals surface area (Å²) in [6, 6.07) is 9.29. The SMILES string of the molecule is CN(c1ccoc1)c1n[nH]c2ncnc(Nc3cccc(Cl)c3)c12. The number of anilines is 4. The lowest BCUT2D eigenvalue weighted by Crippen LogP contribution is -2.10. The summed E-state index contributed by atoms with van der Waals surface area (Å²) in [6.45, 7) is 0. The lowest BCUT2D eigenvalue weighted by Gasteiger charge is -2.15. The normalized spacial score (nSPS) is 10.9. The van der Waals surface area contributed by atoms with Crippen molar-refractivity contribution in [2.45, 2.75) is 0 Å². The highest BCUT2D eigenvalue weighted by atomic mass is 35.5. The molecular weight excluding hydrogens is 328 g/mol. The molecule has 120 valence electrons. The van der Waals surface area contributed by atoms with Crippen molar-refractivity contribution in [2.24, 2.45) is 0 Å². The minimum absolute atomic E-state index is 0.639. The molecule has 0 aliphatic carbocycles. The lowest BCUT2D eigenvalue weighted by molar-refractivity contribution is 0.567. The van der Waals surface area contributed by atoms with E-state index >= 15 is 0 Å². The van der Waals surface area contributed by atoms with Gasteiger partial charge in [0.1, 0.15) is 23.8 Å². The van der Waals surface area contributed by atoms with Crippen LogP contribution in [-0.4, -0.2) is 27.2 Å². The molecule has 0 aliphatic heterocycles. The van der Waals surface area contributed by atoms with Crippen molar-refractivity contribution in [3.63, 3.8) is 0 Å². The molecule has 4 aromatic rings. The zero-order valence-corrected chi connectivity index (χ0v) is 13.4. The van der Waals surface area contributed by atoms with Crippen LogP contribution in [0.25, 0.3) is 11.0 Å². The van der Waals surface area contributed by atoms with Crippen molar-refractivity contribution in [3.05, 3.63) is 54.2 Å². The Hall–Kier alpha value is -3.06. The van der Waals surface area contributed by atoms with E-state index in [1.807, 2.05) is 42.3 Å². The van der Waals surface area contributed by atoms with Crippen molar-refractivity contribution in [2.75, 3.05) is 17.3 Å². The molecule has 0 spiro atoms. The van der Waals surface area contributed by atoms with E-state index in [1.54, 1.807) is 12.5 Å². The van der Waals surface area contributed by atoms with Gasteiger partial charge in [0.25, 0.3) is 0 Å². The van der Waals surface area contributed by atoms with Crippen LogP contribution >= 0.6 is 11.6 Å². The van der Waals surface area contributed by atoms with Gasteiger partial charge in [-0.25, -0.2) is 9.97 Å². The number of nitrogens with zero attached hydrogens (tertiary/aromatic N) is 4. The second kappa shape index (κ2) is 5.86. The van der Waals surface area contributed by atoms with Gasteiger partial charge in [0.15, 0.2) is 11.5 Å². The Morgan fingerprint density at radius 1 is 1.25 bits per heavy atom. The molecule has 4 rings (SSSR count). The van der Waals surface area contributed by atoms with Gasteiger partial charge in [-0.05, 0) is 18.2 Å². The zero-order valence-electron chi connectivity index (χ0n) is 12.7.